The quantitative estimate of drug-likeness (QED) is 0.740. The van der Waals surface area contributed by atoms with E-state index in [9.17, 15) is 4.79 Å². The van der Waals surface area contributed by atoms with E-state index in [2.05, 4.69) is 30.4 Å². The number of para-hydroxylation sites is 1. The smallest absolute Gasteiger partial charge is 0.259 e. The number of nitrogens with one attached hydrogen (secondary N) is 2. The maximum absolute atomic E-state index is 12.6. The van der Waals surface area contributed by atoms with Gasteiger partial charge in [-0.1, -0.05) is 24.1 Å². The molecule has 4 rings (SSSR count). The molecule has 1 amide bonds. The SMILES string of the molecule is O=C(Nc1nc2cccc(Cl)c2n1[C@@H]1CCCCNC1)c1ccnnc1. The van der Waals surface area contributed by atoms with Crippen LogP contribution in [-0.2, 0) is 0 Å². The predicted molar refractivity (Wildman–Crippen MR) is 100 cm³/mol. The van der Waals surface area contributed by atoms with Crippen molar-refractivity contribution in [2.75, 3.05) is 18.4 Å². The average Bonchev–Trinajstić information content (AvgIpc) is 2.83. The molecule has 1 aromatic carbocycles. The van der Waals surface area contributed by atoms with Crippen LogP contribution in [0.4, 0.5) is 5.95 Å². The van der Waals surface area contributed by atoms with E-state index < -0.39 is 0 Å². The summed E-state index contributed by atoms with van der Waals surface area (Å²) in [5.74, 6) is 0.234. The van der Waals surface area contributed by atoms with Crippen molar-refractivity contribution < 1.29 is 4.79 Å². The third-order valence-corrected chi connectivity index (χ3v) is 4.92. The number of carbonyl (C=O) groups excluding carboxylic acids is 1. The molecule has 0 radical (unpaired) electrons. The highest BCUT2D eigenvalue weighted by molar-refractivity contribution is 6.35. The molecule has 134 valence electrons. The molecule has 0 unspecified atom stereocenters. The number of halogens is 1. The van der Waals surface area contributed by atoms with E-state index in [1.54, 1.807) is 6.07 Å². The normalized spacial score (nSPS) is 17.8. The van der Waals surface area contributed by atoms with Crippen molar-refractivity contribution in [3.05, 3.63) is 47.2 Å². The third kappa shape index (κ3) is 3.27. The molecular formula is C18H19ClN6O. The topological polar surface area (TPSA) is 84.7 Å². The first-order valence-corrected chi connectivity index (χ1v) is 9.07. The molecule has 0 bridgehead atoms. The summed E-state index contributed by atoms with van der Waals surface area (Å²) in [4.78, 5) is 17.2. The second-order valence-corrected chi connectivity index (χ2v) is 6.76. The van der Waals surface area contributed by atoms with Crippen LogP contribution < -0.4 is 10.6 Å². The number of anilines is 1. The monoisotopic (exact) mass is 370 g/mol. The molecule has 8 heteroatoms. The van der Waals surface area contributed by atoms with E-state index in [4.69, 9.17) is 11.6 Å². The molecular weight excluding hydrogens is 352 g/mol. The number of amides is 1. The van der Waals surface area contributed by atoms with Crippen LogP contribution in [0.25, 0.3) is 11.0 Å². The molecule has 1 aliphatic heterocycles. The maximum atomic E-state index is 12.6. The molecule has 2 aromatic heterocycles. The Morgan fingerprint density at radius 3 is 3.04 bits per heavy atom. The minimum absolute atomic E-state index is 0.174. The number of rotatable bonds is 3. The number of aromatic nitrogens is 4. The van der Waals surface area contributed by atoms with Crippen molar-refractivity contribution in [3.8, 4) is 0 Å². The van der Waals surface area contributed by atoms with Crippen LogP contribution in [0.2, 0.25) is 5.02 Å². The van der Waals surface area contributed by atoms with Gasteiger partial charge in [-0.15, -0.1) is 0 Å². The van der Waals surface area contributed by atoms with Gasteiger partial charge in [-0.2, -0.15) is 10.2 Å². The number of hydrogen-bond acceptors (Lipinski definition) is 5. The van der Waals surface area contributed by atoms with Gasteiger partial charge >= 0.3 is 0 Å². The Morgan fingerprint density at radius 1 is 1.27 bits per heavy atom. The Morgan fingerprint density at radius 2 is 2.19 bits per heavy atom. The van der Waals surface area contributed by atoms with E-state index in [1.807, 2.05) is 18.2 Å². The number of fused-ring (bicyclic) bond motifs is 1. The van der Waals surface area contributed by atoms with Crippen LogP contribution in [0, 0.1) is 0 Å². The molecule has 2 N–H and O–H groups in total. The van der Waals surface area contributed by atoms with Gasteiger partial charge in [0, 0.05) is 12.6 Å². The molecule has 26 heavy (non-hydrogen) atoms. The lowest BCUT2D eigenvalue weighted by Gasteiger charge is -2.20. The summed E-state index contributed by atoms with van der Waals surface area (Å²) in [5, 5.41) is 14.5. The molecule has 1 saturated heterocycles. The fraction of sp³-hybridized carbons (Fsp3) is 0.333. The highest BCUT2D eigenvalue weighted by atomic mass is 35.5. The van der Waals surface area contributed by atoms with E-state index in [-0.39, 0.29) is 11.9 Å². The summed E-state index contributed by atoms with van der Waals surface area (Å²) < 4.78 is 2.06. The summed E-state index contributed by atoms with van der Waals surface area (Å²) in [5.41, 5.74) is 2.06. The van der Waals surface area contributed by atoms with Crippen molar-refractivity contribution in [1.82, 2.24) is 25.1 Å². The van der Waals surface area contributed by atoms with Crippen molar-refractivity contribution >= 4 is 34.5 Å². The van der Waals surface area contributed by atoms with Crippen LogP contribution >= 0.6 is 11.6 Å². The largest absolute Gasteiger partial charge is 0.315 e. The van der Waals surface area contributed by atoms with Gasteiger partial charge in [0.2, 0.25) is 5.95 Å². The second-order valence-electron chi connectivity index (χ2n) is 6.35. The molecule has 7 nitrogen and oxygen atoms in total. The van der Waals surface area contributed by atoms with E-state index in [1.165, 1.54) is 12.4 Å². The lowest BCUT2D eigenvalue weighted by atomic mass is 10.1. The Hall–Kier alpha value is -2.51. The number of imidazole rings is 1. The molecule has 0 aliphatic carbocycles. The van der Waals surface area contributed by atoms with Gasteiger partial charge in [0.05, 0.1) is 34.0 Å². The Labute approximate surface area is 155 Å². The minimum Gasteiger partial charge on any atom is -0.315 e. The third-order valence-electron chi connectivity index (χ3n) is 4.62. The van der Waals surface area contributed by atoms with Crippen LogP contribution in [0.3, 0.4) is 0 Å². The van der Waals surface area contributed by atoms with E-state index in [0.29, 0.717) is 16.5 Å². The van der Waals surface area contributed by atoms with Crippen LogP contribution in [0.15, 0.2) is 36.7 Å². The van der Waals surface area contributed by atoms with Crippen LogP contribution in [0.5, 0.6) is 0 Å². The van der Waals surface area contributed by atoms with Crippen molar-refractivity contribution in [2.24, 2.45) is 0 Å². The van der Waals surface area contributed by atoms with Gasteiger partial charge in [-0.05, 0) is 37.6 Å². The summed E-state index contributed by atoms with van der Waals surface area (Å²) in [6.45, 7) is 1.82. The van der Waals surface area contributed by atoms with Crippen LogP contribution in [-0.4, -0.2) is 38.7 Å². The summed E-state index contributed by atoms with van der Waals surface area (Å²) in [6, 6.07) is 7.42. The fourth-order valence-corrected chi connectivity index (χ4v) is 3.63. The van der Waals surface area contributed by atoms with Crippen LogP contribution in [0.1, 0.15) is 35.7 Å². The molecule has 0 spiro atoms. The number of nitrogens with zero attached hydrogens (tertiary/aromatic N) is 4. The Bertz CT molecular complexity index is 918. The van der Waals surface area contributed by atoms with Gasteiger partial charge in [0.15, 0.2) is 0 Å². The van der Waals surface area contributed by atoms with Crippen molar-refractivity contribution in [2.45, 2.75) is 25.3 Å². The zero-order chi connectivity index (χ0) is 17.9. The summed E-state index contributed by atoms with van der Waals surface area (Å²) in [7, 11) is 0. The van der Waals surface area contributed by atoms with Gasteiger partial charge in [-0.3, -0.25) is 10.1 Å². The molecule has 1 aliphatic rings. The first kappa shape index (κ1) is 16.9. The zero-order valence-corrected chi connectivity index (χ0v) is 14.9. The molecule has 0 saturated carbocycles. The second kappa shape index (κ2) is 7.39. The van der Waals surface area contributed by atoms with Crippen molar-refractivity contribution in [1.29, 1.82) is 0 Å². The van der Waals surface area contributed by atoms with Gasteiger partial charge in [0.1, 0.15) is 0 Å². The lowest BCUT2D eigenvalue weighted by molar-refractivity contribution is 0.102. The number of carbonyl (C=O) groups is 1. The average molecular weight is 371 g/mol. The highest BCUT2D eigenvalue weighted by Crippen LogP contribution is 2.32. The first-order valence-electron chi connectivity index (χ1n) is 8.69. The van der Waals surface area contributed by atoms with E-state index in [0.717, 1.165) is 43.4 Å². The summed E-state index contributed by atoms with van der Waals surface area (Å²) >= 11 is 6.48. The minimum atomic E-state index is -0.269. The zero-order valence-electron chi connectivity index (χ0n) is 14.2. The molecule has 1 atom stereocenters. The summed E-state index contributed by atoms with van der Waals surface area (Å²) in [6.07, 6.45) is 6.18. The van der Waals surface area contributed by atoms with Gasteiger partial charge in [0.25, 0.3) is 5.91 Å². The molecule has 3 heterocycles. The maximum Gasteiger partial charge on any atom is 0.259 e. The lowest BCUT2D eigenvalue weighted by Crippen LogP contribution is -2.25. The van der Waals surface area contributed by atoms with Crippen molar-refractivity contribution in [3.63, 3.8) is 0 Å². The number of benzene rings is 1. The number of hydrogen-bond donors (Lipinski definition) is 2. The van der Waals surface area contributed by atoms with Gasteiger partial charge < -0.3 is 9.88 Å². The highest BCUT2D eigenvalue weighted by Gasteiger charge is 2.23. The predicted octanol–water partition coefficient (Wildman–Crippen LogP) is 3.05. The molecule has 1 fully saturated rings. The van der Waals surface area contributed by atoms with E-state index >= 15 is 0 Å². The fourth-order valence-electron chi connectivity index (χ4n) is 3.37. The first-order chi connectivity index (χ1) is 12.7. The Kier molecular flexibility index (Phi) is 4.81. The Balaban J connectivity index is 1.77. The molecule has 3 aromatic rings. The standard InChI is InChI=1S/C18H19ClN6O/c19-14-5-3-6-15-16(14)25(13-4-1-2-8-20-11-13)18(23-15)24-17(26)12-7-9-21-22-10-12/h3,5-7,9-10,13,20H,1-2,4,8,11H2,(H,23,24,26)/t13-/m1/s1. The van der Waals surface area contributed by atoms with Gasteiger partial charge in [-0.25, -0.2) is 4.98 Å².